The van der Waals surface area contributed by atoms with E-state index in [0.717, 1.165) is 0 Å². The minimum atomic E-state index is -1.04. The van der Waals surface area contributed by atoms with Crippen LogP contribution in [0.5, 0.6) is 5.75 Å². The molecule has 1 rings (SSSR count). The third kappa shape index (κ3) is 5.33. The maximum absolute atomic E-state index is 11.8. The van der Waals surface area contributed by atoms with E-state index in [0.29, 0.717) is 24.5 Å². The first kappa shape index (κ1) is 16.8. The van der Waals surface area contributed by atoms with Gasteiger partial charge < -0.3 is 20.5 Å². The largest absolute Gasteiger partial charge is 0.494 e. The Hall–Kier alpha value is -2.24. The van der Waals surface area contributed by atoms with Crippen molar-refractivity contribution >= 4 is 17.7 Å². The maximum atomic E-state index is 11.8. The summed E-state index contributed by atoms with van der Waals surface area (Å²) in [7, 11) is 0. The number of benzene rings is 1. The average molecular weight is 294 g/mol. The Bertz CT molecular complexity index is 473. The standard InChI is InChI=1S/C15H22N2O4/c1-4-10(3)13(14(18)19)17-15(20)16-11-6-8-12(9-7-11)21-5-2/h6-10,13H,4-5H2,1-3H3,(H,18,19)(H2,16,17,20)/t10-,13+/m1/s1. The van der Waals surface area contributed by atoms with Gasteiger partial charge in [0.2, 0.25) is 0 Å². The van der Waals surface area contributed by atoms with Gasteiger partial charge in [0.1, 0.15) is 11.8 Å². The molecular weight excluding hydrogens is 272 g/mol. The summed E-state index contributed by atoms with van der Waals surface area (Å²) in [5.41, 5.74) is 0.573. The van der Waals surface area contributed by atoms with Gasteiger partial charge in [0, 0.05) is 5.69 Å². The zero-order valence-electron chi connectivity index (χ0n) is 12.6. The Morgan fingerprint density at radius 3 is 2.33 bits per heavy atom. The summed E-state index contributed by atoms with van der Waals surface area (Å²) in [6, 6.07) is 5.43. The maximum Gasteiger partial charge on any atom is 0.326 e. The summed E-state index contributed by atoms with van der Waals surface area (Å²) in [6.07, 6.45) is 0.667. The molecule has 2 atom stereocenters. The molecule has 0 saturated heterocycles. The fraction of sp³-hybridized carbons (Fsp3) is 0.467. The summed E-state index contributed by atoms with van der Waals surface area (Å²) in [6.45, 7) is 6.13. The Kier molecular flexibility index (Phi) is 6.52. The van der Waals surface area contributed by atoms with Crippen LogP contribution in [-0.4, -0.2) is 29.8 Å². The first-order chi connectivity index (χ1) is 9.97. The highest BCUT2D eigenvalue weighted by Crippen LogP contribution is 2.15. The molecule has 0 radical (unpaired) electrons. The number of carboxylic acid groups (broad SMARTS) is 1. The smallest absolute Gasteiger partial charge is 0.326 e. The molecule has 0 saturated carbocycles. The molecule has 0 aliphatic heterocycles. The van der Waals surface area contributed by atoms with E-state index in [9.17, 15) is 9.59 Å². The summed E-state index contributed by atoms with van der Waals surface area (Å²) < 4.78 is 5.30. The second-order valence-electron chi connectivity index (χ2n) is 4.76. The molecule has 6 nitrogen and oxygen atoms in total. The summed E-state index contributed by atoms with van der Waals surface area (Å²) in [4.78, 5) is 23.0. The van der Waals surface area contributed by atoms with E-state index in [4.69, 9.17) is 9.84 Å². The Morgan fingerprint density at radius 2 is 1.86 bits per heavy atom. The lowest BCUT2D eigenvalue weighted by Crippen LogP contribution is -2.46. The number of urea groups is 1. The molecule has 6 heteroatoms. The molecule has 3 N–H and O–H groups in total. The first-order valence-corrected chi connectivity index (χ1v) is 7.01. The molecule has 1 aromatic carbocycles. The van der Waals surface area contributed by atoms with Gasteiger partial charge >= 0.3 is 12.0 Å². The molecule has 0 fully saturated rings. The van der Waals surface area contributed by atoms with Crippen molar-refractivity contribution in [3.8, 4) is 5.75 Å². The normalized spacial score (nSPS) is 13.1. The predicted octanol–water partition coefficient (Wildman–Crippen LogP) is 2.71. The van der Waals surface area contributed by atoms with Crippen LogP contribution in [0.2, 0.25) is 0 Å². The van der Waals surface area contributed by atoms with Crippen molar-refractivity contribution < 1.29 is 19.4 Å². The number of ether oxygens (including phenoxy) is 1. The number of carbonyl (C=O) groups excluding carboxylic acids is 1. The van der Waals surface area contributed by atoms with Crippen LogP contribution in [0.3, 0.4) is 0 Å². The lowest BCUT2D eigenvalue weighted by Gasteiger charge is -2.20. The van der Waals surface area contributed by atoms with E-state index >= 15 is 0 Å². The van der Waals surface area contributed by atoms with Gasteiger partial charge in [-0.15, -0.1) is 0 Å². The van der Waals surface area contributed by atoms with Gasteiger partial charge in [-0.05, 0) is 37.1 Å². The van der Waals surface area contributed by atoms with Gasteiger partial charge in [0.05, 0.1) is 6.61 Å². The molecule has 0 unspecified atom stereocenters. The van der Waals surface area contributed by atoms with Crippen LogP contribution >= 0.6 is 0 Å². The van der Waals surface area contributed by atoms with Gasteiger partial charge in [-0.2, -0.15) is 0 Å². The van der Waals surface area contributed by atoms with E-state index in [1.807, 2.05) is 13.8 Å². The number of hydrogen-bond donors (Lipinski definition) is 3. The molecule has 1 aromatic rings. The number of aliphatic carboxylic acids is 1. The molecule has 0 aliphatic rings. The van der Waals surface area contributed by atoms with E-state index in [2.05, 4.69) is 10.6 Å². The predicted molar refractivity (Wildman–Crippen MR) is 80.6 cm³/mol. The highest BCUT2D eigenvalue weighted by atomic mass is 16.5. The van der Waals surface area contributed by atoms with Gasteiger partial charge in [-0.25, -0.2) is 9.59 Å². The topological polar surface area (TPSA) is 87.7 Å². The number of hydrogen-bond acceptors (Lipinski definition) is 3. The Morgan fingerprint density at radius 1 is 1.24 bits per heavy atom. The monoisotopic (exact) mass is 294 g/mol. The number of anilines is 1. The van der Waals surface area contributed by atoms with Crippen LogP contribution in [0.15, 0.2) is 24.3 Å². The molecule has 0 aliphatic carbocycles. The van der Waals surface area contributed by atoms with Crippen molar-refractivity contribution in [3.05, 3.63) is 24.3 Å². The lowest BCUT2D eigenvalue weighted by atomic mass is 9.99. The van der Waals surface area contributed by atoms with E-state index < -0.39 is 18.0 Å². The number of carbonyl (C=O) groups is 2. The van der Waals surface area contributed by atoms with Crippen LogP contribution in [0.1, 0.15) is 27.2 Å². The molecule has 0 spiro atoms. The fourth-order valence-corrected chi connectivity index (χ4v) is 1.79. The minimum Gasteiger partial charge on any atom is -0.494 e. The molecular formula is C15H22N2O4. The molecule has 2 amide bonds. The van der Waals surface area contributed by atoms with E-state index in [1.54, 1.807) is 31.2 Å². The number of rotatable bonds is 7. The molecule has 0 heterocycles. The quantitative estimate of drug-likeness (QED) is 0.721. The second kappa shape index (κ2) is 8.14. The third-order valence-electron chi connectivity index (χ3n) is 3.19. The van der Waals surface area contributed by atoms with Crippen molar-refractivity contribution in [1.29, 1.82) is 0 Å². The number of carboxylic acids is 1. The van der Waals surface area contributed by atoms with Crippen molar-refractivity contribution in [2.75, 3.05) is 11.9 Å². The lowest BCUT2D eigenvalue weighted by molar-refractivity contribution is -0.140. The molecule has 21 heavy (non-hydrogen) atoms. The zero-order chi connectivity index (χ0) is 15.8. The summed E-state index contributed by atoms with van der Waals surface area (Å²) in [5.74, 6) is -0.466. The van der Waals surface area contributed by atoms with Gasteiger partial charge in [-0.1, -0.05) is 20.3 Å². The van der Waals surface area contributed by atoms with E-state index in [1.165, 1.54) is 0 Å². The Labute approximate surface area is 124 Å². The minimum absolute atomic E-state index is 0.145. The average Bonchev–Trinajstić information content (AvgIpc) is 2.46. The third-order valence-corrected chi connectivity index (χ3v) is 3.19. The van der Waals surface area contributed by atoms with Gasteiger partial charge in [-0.3, -0.25) is 0 Å². The fourth-order valence-electron chi connectivity index (χ4n) is 1.79. The Balaban J connectivity index is 2.61. The highest BCUT2D eigenvalue weighted by Gasteiger charge is 2.25. The van der Waals surface area contributed by atoms with Crippen LogP contribution in [0, 0.1) is 5.92 Å². The molecule has 0 aromatic heterocycles. The van der Waals surface area contributed by atoms with Crippen molar-refractivity contribution in [2.24, 2.45) is 5.92 Å². The van der Waals surface area contributed by atoms with Crippen molar-refractivity contribution in [1.82, 2.24) is 5.32 Å². The first-order valence-electron chi connectivity index (χ1n) is 7.01. The van der Waals surface area contributed by atoms with Crippen LogP contribution in [-0.2, 0) is 4.79 Å². The van der Waals surface area contributed by atoms with Gasteiger partial charge in [0.25, 0.3) is 0 Å². The zero-order valence-corrected chi connectivity index (χ0v) is 12.6. The van der Waals surface area contributed by atoms with Crippen molar-refractivity contribution in [3.63, 3.8) is 0 Å². The van der Waals surface area contributed by atoms with Crippen molar-refractivity contribution in [2.45, 2.75) is 33.2 Å². The molecule has 116 valence electrons. The van der Waals surface area contributed by atoms with Crippen LogP contribution in [0.25, 0.3) is 0 Å². The van der Waals surface area contributed by atoms with Crippen LogP contribution in [0.4, 0.5) is 10.5 Å². The second-order valence-corrected chi connectivity index (χ2v) is 4.76. The number of nitrogens with one attached hydrogen (secondary N) is 2. The highest BCUT2D eigenvalue weighted by molar-refractivity contribution is 5.92. The van der Waals surface area contributed by atoms with Crippen LogP contribution < -0.4 is 15.4 Å². The SMILES string of the molecule is CCOc1ccc(NC(=O)N[C@H](C(=O)O)[C@H](C)CC)cc1. The van der Waals surface area contributed by atoms with E-state index in [-0.39, 0.29) is 5.92 Å². The van der Waals surface area contributed by atoms with Gasteiger partial charge in [0.15, 0.2) is 0 Å². The summed E-state index contributed by atoms with van der Waals surface area (Å²) >= 11 is 0. The number of amides is 2. The molecule has 0 bridgehead atoms. The summed E-state index contributed by atoms with van der Waals surface area (Å²) in [5, 5.41) is 14.2.